The number of aromatic carboxylic acids is 1. The highest BCUT2D eigenvalue weighted by Crippen LogP contribution is 2.34. The molecule has 1 fully saturated rings. The minimum Gasteiger partial charge on any atom is -0.477 e. The fraction of sp³-hybridized carbons (Fsp3) is 0.450. The van der Waals surface area contributed by atoms with Gasteiger partial charge in [-0.1, -0.05) is 22.9 Å². The van der Waals surface area contributed by atoms with E-state index >= 15 is 0 Å². The number of nitrogens with zero attached hydrogens (tertiary/aromatic N) is 5. The zero-order valence-electron chi connectivity index (χ0n) is 18.6. The first-order chi connectivity index (χ1) is 16.2. The van der Waals surface area contributed by atoms with Crippen LogP contribution in [0.15, 0.2) is 10.8 Å². The number of carboxylic acids is 1. The molecule has 11 nitrogen and oxygen atoms in total. The van der Waals surface area contributed by atoms with Crippen molar-refractivity contribution in [3.63, 3.8) is 0 Å². The molecule has 0 spiro atoms. The summed E-state index contributed by atoms with van der Waals surface area (Å²) in [6, 6.07) is -0.241. The Balaban J connectivity index is 1.54. The van der Waals surface area contributed by atoms with Crippen molar-refractivity contribution in [1.82, 2.24) is 30.0 Å². The molecule has 4 heterocycles. The molecular formula is C20H23BrClN7O4S. The van der Waals surface area contributed by atoms with Crippen LogP contribution in [0.25, 0.3) is 11.5 Å². The molecule has 34 heavy (non-hydrogen) atoms. The van der Waals surface area contributed by atoms with Crippen LogP contribution in [0.4, 0.5) is 5.13 Å². The number of rotatable bonds is 7. The second-order valence-corrected chi connectivity index (χ2v) is 9.90. The average Bonchev–Trinajstić information content (AvgIpc) is 3.49. The molecule has 1 aliphatic rings. The first kappa shape index (κ1) is 24.6. The number of hydrogen-bond acceptors (Lipinski definition) is 8. The molecule has 1 amide bonds. The van der Waals surface area contributed by atoms with Gasteiger partial charge >= 0.3 is 5.97 Å². The number of halogens is 2. The molecule has 3 aromatic heterocycles. The van der Waals surface area contributed by atoms with Gasteiger partial charge in [0.1, 0.15) is 22.6 Å². The maximum atomic E-state index is 12.9. The molecule has 4 rings (SSSR count). The summed E-state index contributed by atoms with van der Waals surface area (Å²) in [5.41, 5.74) is 1.34. The molecule has 14 heteroatoms. The zero-order valence-corrected chi connectivity index (χ0v) is 21.8. The van der Waals surface area contributed by atoms with E-state index in [1.807, 2.05) is 11.8 Å². The number of nitrogens with one attached hydrogen (secondary N) is 2. The molecule has 0 radical (unpaired) electrons. The Kier molecular flexibility index (Phi) is 7.26. The summed E-state index contributed by atoms with van der Waals surface area (Å²) in [5.74, 6) is -0.971. The number of hydrogen-bond donors (Lipinski definition) is 3. The second kappa shape index (κ2) is 10.0. The maximum Gasteiger partial charge on any atom is 0.348 e. The van der Waals surface area contributed by atoms with Gasteiger partial charge in [0, 0.05) is 32.4 Å². The van der Waals surface area contributed by atoms with Crippen molar-refractivity contribution in [2.75, 3.05) is 24.6 Å². The van der Waals surface area contributed by atoms with E-state index in [-0.39, 0.29) is 28.6 Å². The number of carbonyl (C=O) groups is 2. The quantitative estimate of drug-likeness (QED) is 0.393. The van der Waals surface area contributed by atoms with Gasteiger partial charge in [0.05, 0.1) is 21.6 Å². The minimum absolute atomic E-state index is 0.0957. The fourth-order valence-electron chi connectivity index (χ4n) is 3.86. The van der Waals surface area contributed by atoms with Crippen LogP contribution in [0.1, 0.15) is 39.2 Å². The number of aromatic nitrogens is 5. The number of H-pyrrole nitrogens is 1. The van der Waals surface area contributed by atoms with Crippen LogP contribution >= 0.6 is 38.9 Å². The van der Waals surface area contributed by atoms with Gasteiger partial charge in [-0.15, -0.1) is 0 Å². The van der Waals surface area contributed by atoms with Gasteiger partial charge in [-0.05, 0) is 36.2 Å². The molecule has 2 atom stereocenters. The Morgan fingerprint density at radius 2 is 2.24 bits per heavy atom. The van der Waals surface area contributed by atoms with Crippen molar-refractivity contribution in [2.45, 2.75) is 32.4 Å². The standard InChI is InChI=1S/C20H23BrClN7O4S/c1-4-33-11-7-29(6-5-10(11)26-18(30)14-12(21)13(22)9(2)25-14)20-27-15(16(34-20)19(31)32)17-23-8-24-28(17)3/h8,10-11,25H,4-7H2,1-3H3,(H,26,30)(H,31,32). The largest absolute Gasteiger partial charge is 0.477 e. The van der Waals surface area contributed by atoms with E-state index in [2.05, 4.69) is 41.3 Å². The van der Waals surface area contributed by atoms with Crippen LogP contribution in [0.5, 0.6) is 0 Å². The summed E-state index contributed by atoms with van der Waals surface area (Å²) in [7, 11) is 1.68. The van der Waals surface area contributed by atoms with Crippen LogP contribution in [0, 0.1) is 6.92 Å². The Morgan fingerprint density at radius 1 is 1.47 bits per heavy atom. The van der Waals surface area contributed by atoms with Gasteiger partial charge in [0.25, 0.3) is 5.91 Å². The summed E-state index contributed by atoms with van der Waals surface area (Å²) >= 11 is 10.6. The summed E-state index contributed by atoms with van der Waals surface area (Å²) in [4.78, 5) is 38.6. The third-order valence-corrected chi connectivity index (χ3v) is 8.14. The lowest BCUT2D eigenvalue weighted by Crippen LogP contribution is -2.55. The van der Waals surface area contributed by atoms with E-state index in [1.165, 1.54) is 11.0 Å². The van der Waals surface area contributed by atoms with E-state index in [9.17, 15) is 14.7 Å². The van der Waals surface area contributed by atoms with Crippen molar-refractivity contribution in [1.29, 1.82) is 0 Å². The Morgan fingerprint density at radius 3 is 2.82 bits per heavy atom. The number of amides is 1. The normalized spacial score (nSPS) is 18.3. The highest BCUT2D eigenvalue weighted by atomic mass is 79.9. The lowest BCUT2D eigenvalue weighted by atomic mass is 10.0. The number of thiazole rings is 1. The number of aromatic amines is 1. The number of aryl methyl sites for hydroxylation is 2. The van der Waals surface area contributed by atoms with Gasteiger partial charge in [0.15, 0.2) is 11.0 Å². The van der Waals surface area contributed by atoms with Crippen LogP contribution < -0.4 is 10.2 Å². The minimum atomic E-state index is -1.07. The summed E-state index contributed by atoms with van der Waals surface area (Å²) in [5, 5.41) is 17.8. The van der Waals surface area contributed by atoms with Gasteiger partial charge in [-0.3, -0.25) is 4.79 Å². The Labute approximate surface area is 212 Å². The van der Waals surface area contributed by atoms with Gasteiger partial charge in [-0.25, -0.2) is 19.4 Å². The highest BCUT2D eigenvalue weighted by molar-refractivity contribution is 9.10. The van der Waals surface area contributed by atoms with Gasteiger partial charge in [-0.2, -0.15) is 5.10 Å². The molecule has 0 aromatic carbocycles. The number of carboxylic acid groups (broad SMARTS) is 1. The molecule has 182 valence electrons. The summed E-state index contributed by atoms with van der Waals surface area (Å²) < 4.78 is 7.96. The van der Waals surface area contributed by atoms with Crippen molar-refractivity contribution in [3.05, 3.63) is 32.1 Å². The highest BCUT2D eigenvalue weighted by Gasteiger charge is 2.34. The molecule has 1 aliphatic heterocycles. The van der Waals surface area contributed by atoms with Crippen molar-refractivity contribution >= 4 is 55.9 Å². The Hall–Kier alpha value is -2.48. The Bertz CT molecular complexity index is 1230. The molecular weight excluding hydrogens is 550 g/mol. The van der Waals surface area contributed by atoms with E-state index in [0.29, 0.717) is 58.0 Å². The monoisotopic (exact) mass is 571 g/mol. The van der Waals surface area contributed by atoms with E-state index in [4.69, 9.17) is 16.3 Å². The van der Waals surface area contributed by atoms with Crippen LogP contribution in [-0.4, -0.2) is 73.6 Å². The lowest BCUT2D eigenvalue weighted by molar-refractivity contribution is 0.0272. The predicted molar refractivity (Wildman–Crippen MR) is 131 cm³/mol. The number of anilines is 1. The molecule has 1 saturated heterocycles. The van der Waals surface area contributed by atoms with Crippen molar-refractivity contribution in [3.8, 4) is 11.5 Å². The molecule has 2 unspecified atom stereocenters. The van der Waals surface area contributed by atoms with Crippen LogP contribution in [-0.2, 0) is 11.8 Å². The molecule has 0 bridgehead atoms. The maximum absolute atomic E-state index is 12.9. The first-order valence-electron chi connectivity index (χ1n) is 10.5. The first-order valence-corrected chi connectivity index (χ1v) is 12.5. The fourth-order valence-corrected chi connectivity index (χ4v) is 5.51. The second-order valence-electron chi connectivity index (χ2n) is 7.75. The topological polar surface area (TPSA) is 138 Å². The summed E-state index contributed by atoms with van der Waals surface area (Å²) in [6.07, 6.45) is 1.63. The van der Waals surface area contributed by atoms with Gasteiger partial charge in [0.2, 0.25) is 0 Å². The van der Waals surface area contributed by atoms with Crippen molar-refractivity contribution < 1.29 is 19.4 Å². The van der Waals surface area contributed by atoms with Gasteiger partial charge < -0.3 is 25.0 Å². The molecule has 3 N–H and O–H groups in total. The lowest BCUT2D eigenvalue weighted by Gasteiger charge is -2.38. The molecule has 0 aliphatic carbocycles. The van der Waals surface area contributed by atoms with E-state index < -0.39 is 5.97 Å². The smallest absolute Gasteiger partial charge is 0.348 e. The number of carbonyl (C=O) groups excluding carboxylic acids is 1. The molecule has 3 aromatic rings. The van der Waals surface area contributed by atoms with Crippen LogP contribution in [0.3, 0.4) is 0 Å². The van der Waals surface area contributed by atoms with Crippen molar-refractivity contribution in [2.24, 2.45) is 7.05 Å². The van der Waals surface area contributed by atoms with E-state index in [1.54, 1.807) is 14.0 Å². The third-order valence-electron chi connectivity index (χ3n) is 5.54. The average molecular weight is 573 g/mol. The zero-order chi connectivity index (χ0) is 24.6. The molecule has 0 saturated carbocycles. The number of ether oxygens (including phenoxy) is 1. The third kappa shape index (κ3) is 4.69. The summed E-state index contributed by atoms with van der Waals surface area (Å²) in [6.45, 7) is 5.14. The number of piperidine rings is 1. The SMILES string of the molecule is CCOC1CN(c2nc(-c3ncnn3C)c(C(=O)O)s2)CCC1NC(=O)c1[nH]c(C)c(Cl)c1Br. The van der Waals surface area contributed by atoms with E-state index in [0.717, 1.165) is 11.3 Å². The predicted octanol–water partition coefficient (Wildman–Crippen LogP) is 3.10. The van der Waals surface area contributed by atoms with Crippen LogP contribution in [0.2, 0.25) is 5.02 Å².